The molecular weight excluding hydrogens is 301 g/mol. The van der Waals surface area contributed by atoms with Crippen LogP contribution >= 0.6 is 23.2 Å². The van der Waals surface area contributed by atoms with Crippen LogP contribution in [0.25, 0.3) is 0 Å². The first kappa shape index (κ1) is 15.1. The van der Waals surface area contributed by atoms with E-state index >= 15 is 0 Å². The van der Waals surface area contributed by atoms with E-state index in [-0.39, 0.29) is 17.7 Å². The lowest BCUT2D eigenvalue weighted by Crippen LogP contribution is -2.29. The number of carbonyl (C=O) groups excluding carboxylic acids is 1. The topological polar surface area (TPSA) is 66.4 Å². The highest BCUT2D eigenvalue weighted by Crippen LogP contribution is 2.32. The third-order valence-corrected chi connectivity index (χ3v) is 4.48. The highest BCUT2D eigenvalue weighted by molar-refractivity contribution is 6.44. The molecule has 2 N–H and O–H groups in total. The Labute approximate surface area is 127 Å². The summed E-state index contributed by atoms with van der Waals surface area (Å²) in [7, 11) is 0. The number of halogens is 2. The van der Waals surface area contributed by atoms with E-state index in [0.717, 1.165) is 0 Å². The Balaban J connectivity index is 1.96. The van der Waals surface area contributed by atoms with E-state index in [0.29, 0.717) is 41.4 Å². The van der Waals surface area contributed by atoms with Gasteiger partial charge in [0.05, 0.1) is 21.7 Å². The maximum absolute atomic E-state index is 12.1. The fourth-order valence-corrected chi connectivity index (χ4v) is 2.79. The number of carboxylic acids is 1. The molecule has 0 heterocycles. The lowest BCUT2D eigenvalue weighted by Gasteiger charge is -2.25. The van der Waals surface area contributed by atoms with Crippen molar-refractivity contribution in [1.82, 2.24) is 0 Å². The Kier molecular flexibility index (Phi) is 4.89. The Hall–Kier alpha value is -1.26. The van der Waals surface area contributed by atoms with Crippen LogP contribution in [0.2, 0.25) is 10.0 Å². The third kappa shape index (κ3) is 3.44. The number of carboxylic acid groups (broad SMARTS) is 1. The van der Waals surface area contributed by atoms with E-state index in [1.165, 1.54) is 0 Å². The zero-order valence-electron chi connectivity index (χ0n) is 10.7. The van der Waals surface area contributed by atoms with Crippen LogP contribution < -0.4 is 5.32 Å². The number of hydrogen-bond donors (Lipinski definition) is 2. The van der Waals surface area contributed by atoms with Crippen LogP contribution in [0.1, 0.15) is 25.7 Å². The molecule has 1 aromatic rings. The summed E-state index contributed by atoms with van der Waals surface area (Å²) < 4.78 is 0. The first-order valence-corrected chi connectivity index (χ1v) is 7.22. The fraction of sp³-hybridized carbons (Fsp3) is 0.429. The van der Waals surface area contributed by atoms with Gasteiger partial charge < -0.3 is 10.4 Å². The Bertz CT molecular complexity index is 525. The summed E-state index contributed by atoms with van der Waals surface area (Å²) in [5, 5.41) is 12.4. The highest BCUT2D eigenvalue weighted by Gasteiger charge is 2.29. The molecule has 1 aliphatic carbocycles. The second kappa shape index (κ2) is 6.46. The molecule has 1 aliphatic rings. The van der Waals surface area contributed by atoms with Gasteiger partial charge >= 0.3 is 5.97 Å². The molecule has 0 aliphatic heterocycles. The van der Waals surface area contributed by atoms with Gasteiger partial charge in [-0.3, -0.25) is 9.59 Å². The highest BCUT2D eigenvalue weighted by atomic mass is 35.5. The van der Waals surface area contributed by atoms with Gasteiger partial charge in [-0.05, 0) is 37.8 Å². The largest absolute Gasteiger partial charge is 0.481 e. The maximum atomic E-state index is 12.1. The first-order chi connectivity index (χ1) is 9.49. The Morgan fingerprint density at radius 3 is 2.30 bits per heavy atom. The third-order valence-electron chi connectivity index (χ3n) is 3.66. The molecule has 20 heavy (non-hydrogen) atoms. The average molecular weight is 316 g/mol. The van der Waals surface area contributed by atoms with Crippen molar-refractivity contribution < 1.29 is 14.7 Å². The number of carbonyl (C=O) groups is 2. The maximum Gasteiger partial charge on any atom is 0.306 e. The molecule has 0 radical (unpaired) electrons. The fourth-order valence-electron chi connectivity index (χ4n) is 2.44. The van der Waals surface area contributed by atoms with E-state index in [9.17, 15) is 9.59 Å². The number of hydrogen-bond acceptors (Lipinski definition) is 2. The zero-order chi connectivity index (χ0) is 14.7. The van der Waals surface area contributed by atoms with E-state index < -0.39 is 5.97 Å². The number of aliphatic carboxylic acids is 1. The minimum Gasteiger partial charge on any atom is -0.481 e. The monoisotopic (exact) mass is 315 g/mol. The number of rotatable bonds is 3. The van der Waals surface area contributed by atoms with E-state index in [2.05, 4.69) is 5.32 Å². The van der Waals surface area contributed by atoms with E-state index in [1.54, 1.807) is 18.2 Å². The van der Waals surface area contributed by atoms with Crippen molar-refractivity contribution in [2.75, 3.05) is 5.32 Å². The molecule has 1 amide bonds. The van der Waals surface area contributed by atoms with Crippen LogP contribution in [0, 0.1) is 11.8 Å². The summed E-state index contributed by atoms with van der Waals surface area (Å²) in [6.45, 7) is 0. The molecule has 0 saturated heterocycles. The van der Waals surface area contributed by atoms with Gasteiger partial charge in [0.25, 0.3) is 0 Å². The van der Waals surface area contributed by atoms with Crippen molar-refractivity contribution in [3.63, 3.8) is 0 Å². The quantitative estimate of drug-likeness (QED) is 0.891. The molecule has 1 saturated carbocycles. The molecule has 2 rings (SSSR count). The van der Waals surface area contributed by atoms with Crippen molar-refractivity contribution in [1.29, 1.82) is 0 Å². The van der Waals surface area contributed by atoms with Gasteiger partial charge in [0.1, 0.15) is 0 Å². The second-order valence-electron chi connectivity index (χ2n) is 4.98. The zero-order valence-corrected chi connectivity index (χ0v) is 12.2. The summed E-state index contributed by atoms with van der Waals surface area (Å²) in [6, 6.07) is 5.05. The summed E-state index contributed by atoms with van der Waals surface area (Å²) in [5.74, 6) is -1.39. The predicted molar refractivity (Wildman–Crippen MR) is 78.2 cm³/mol. The van der Waals surface area contributed by atoms with Gasteiger partial charge in [-0.2, -0.15) is 0 Å². The van der Waals surface area contributed by atoms with Crippen molar-refractivity contribution in [3.8, 4) is 0 Å². The number of benzene rings is 1. The van der Waals surface area contributed by atoms with Crippen molar-refractivity contribution >= 4 is 40.8 Å². The van der Waals surface area contributed by atoms with Crippen LogP contribution in [0.15, 0.2) is 18.2 Å². The molecule has 1 aromatic carbocycles. The van der Waals surface area contributed by atoms with E-state index in [1.807, 2.05) is 0 Å². The van der Waals surface area contributed by atoms with Gasteiger partial charge in [-0.25, -0.2) is 0 Å². The summed E-state index contributed by atoms with van der Waals surface area (Å²) in [4.78, 5) is 23.0. The summed E-state index contributed by atoms with van der Waals surface area (Å²) >= 11 is 11.9. The first-order valence-electron chi connectivity index (χ1n) is 6.46. The molecule has 0 unspecified atom stereocenters. The smallest absolute Gasteiger partial charge is 0.306 e. The average Bonchev–Trinajstić information content (AvgIpc) is 2.44. The molecule has 0 atom stereocenters. The molecule has 0 spiro atoms. The molecule has 1 fully saturated rings. The standard InChI is InChI=1S/C14H15Cl2NO3/c15-10-2-1-3-11(12(10)16)17-13(18)8-4-6-9(7-5-8)14(19)20/h1-3,8-9H,4-7H2,(H,17,18)(H,19,20). The van der Waals surface area contributed by atoms with Gasteiger partial charge in [0.15, 0.2) is 0 Å². The number of amides is 1. The van der Waals surface area contributed by atoms with Crippen LogP contribution in [0.5, 0.6) is 0 Å². The minimum atomic E-state index is -0.776. The van der Waals surface area contributed by atoms with Gasteiger partial charge in [-0.1, -0.05) is 29.3 Å². The molecule has 6 heteroatoms. The molecule has 4 nitrogen and oxygen atoms in total. The Morgan fingerprint density at radius 2 is 1.70 bits per heavy atom. The number of anilines is 1. The SMILES string of the molecule is O=C(O)C1CCC(C(=O)Nc2cccc(Cl)c2Cl)CC1. The van der Waals surface area contributed by atoms with Crippen LogP contribution in [0.4, 0.5) is 5.69 Å². The molecule has 0 aromatic heterocycles. The van der Waals surface area contributed by atoms with E-state index in [4.69, 9.17) is 28.3 Å². The molecule has 108 valence electrons. The predicted octanol–water partition coefficient (Wildman–Crippen LogP) is 3.82. The second-order valence-corrected chi connectivity index (χ2v) is 5.76. The summed E-state index contributed by atoms with van der Waals surface area (Å²) in [5.41, 5.74) is 0.490. The van der Waals surface area contributed by atoms with Crippen LogP contribution in [-0.2, 0) is 9.59 Å². The van der Waals surface area contributed by atoms with Crippen molar-refractivity contribution in [2.24, 2.45) is 11.8 Å². The molecule has 0 bridgehead atoms. The minimum absolute atomic E-state index is 0.127. The van der Waals surface area contributed by atoms with Crippen LogP contribution in [0.3, 0.4) is 0 Å². The number of nitrogens with one attached hydrogen (secondary N) is 1. The Morgan fingerprint density at radius 1 is 1.10 bits per heavy atom. The lowest BCUT2D eigenvalue weighted by atomic mass is 9.81. The van der Waals surface area contributed by atoms with Gasteiger partial charge in [-0.15, -0.1) is 0 Å². The normalized spacial score (nSPS) is 22.3. The van der Waals surface area contributed by atoms with Gasteiger partial charge in [0.2, 0.25) is 5.91 Å². The van der Waals surface area contributed by atoms with Gasteiger partial charge in [0, 0.05) is 5.92 Å². The molecular formula is C14H15Cl2NO3. The van der Waals surface area contributed by atoms with Crippen molar-refractivity contribution in [3.05, 3.63) is 28.2 Å². The van der Waals surface area contributed by atoms with Crippen LogP contribution in [-0.4, -0.2) is 17.0 Å². The van der Waals surface area contributed by atoms with Crippen molar-refractivity contribution in [2.45, 2.75) is 25.7 Å². The summed E-state index contributed by atoms with van der Waals surface area (Å²) in [6.07, 6.45) is 2.25. The lowest BCUT2D eigenvalue weighted by molar-refractivity contribution is -0.143.